The van der Waals surface area contributed by atoms with Gasteiger partial charge in [0.2, 0.25) is 0 Å². The van der Waals surface area contributed by atoms with Crippen LogP contribution in [-0.2, 0) is 0 Å². The van der Waals surface area contributed by atoms with Gasteiger partial charge in [-0.2, -0.15) is 0 Å². The number of carbonyl (C=O) groups is 1. The van der Waals surface area contributed by atoms with Crippen molar-refractivity contribution in [2.24, 2.45) is 5.92 Å². The molecule has 2 aliphatic rings. The lowest BCUT2D eigenvalue weighted by molar-refractivity contribution is 0.0219. The van der Waals surface area contributed by atoms with Crippen LogP contribution in [-0.4, -0.2) is 52.2 Å². The van der Waals surface area contributed by atoms with Crippen molar-refractivity contribution < 1.29 is 37.3 Å². The molecule has 2 N–H and O–H groups in total. The van der Waals surface area contributed by atoms with Gasteiger partial charge in [-0.1, -0.05) is 0 Å². The first-order chi connectivity index (χ1) is 14.1. The quantitative estimate of drug-likeness (QED) is 0.569. The Morgan fingerprint density at radius 2 is 1.83 bits per heavy atom. The van der Waals surface area contributed by atoms with Crippen molar-refractivity contribution >= 4 is 5.78 Å². The van der Waals surface area contributed by atoms with E-state index >= 15 is 0 Å². The Kier molecular flexibility index (Phi) is 5.19. The molecule has 160 valence electrons. The van der Waals surface area contributed by atoms with Crippen molar-refractivity contribution in [2.75, 3.05) is 19.6 Å². The monoisotopic (exact) mass is 425 g/mol. The van der Waals surface area contributed by atoms with Crippen LogP contribution in [0.15, 0.2) is 30.3 Å². The number of ketones is 1. The zero-order chi connectivity index (χ0) is 21.6. The molecule has 1 aliphatic heterocycles. The summed E-state index contributed by atoms with van der Waals surface area (Å²) >= 11 is 0. The predicted molar refractivity (Wildman–Crippen MR) is 97.2 cm³/mol. The van der Waals surface area contributed by atoms with Crippen LogP contribution in [0.4, 0.5) is 17.6 Å². The number of aliphatic hydroxyl groups is 1. The van der Waals surface area contributed by atoms with Crippen molar-refractivity contribution in [2.45, 2.75) is 24.5 Å². The Morgan fingerprint density at radius 3 is 2.47 bits per heavy atom. The molecule has 0 amide bonds. The van der Waals surface area contributed by atoms with E-state index in [-0.39, 0.29) is 36.7 Å². The summed E-state index contributed by atoms with van der Waals surface area (Å²) in [5, 5.41) is 20.1. The number of fused-ring (bicyclic) bond motifs is 1. The molecule has 1 saturated heterocycles. The second kappa shape index (κ2) is 7.55. The molecule has 1 saturated carbocycles. The van der Waals surface area contributed by atoms with Gasteiger partial charge in [0, 0.05) is 37.1 Å². The number of nitrogens with zero attached hydrogens (tertiary/aromatic N) is 1. The van der Waals surface area contributed by atoms with Crippen LogP contribution in [0.5, 0.6) is 11.5 Å². The molecule has 0 radical (unpaired) electrons. The third-order valence-corrected chi connectivity index (χ3v) is 5.76. The maximum Gasteiger partial charge on any atom is 0.187 e. The highest BCUT2D eigenvalue weighted by atomic mass is 19.1. The van der Waals surface area contributed by atoms with Crippen molar-refractivity contribution in [1.82, 2.24) is 4.90 Å². The number of β-amino-alcohol motifs (C(OH)–C–C–N with tert-alkyl or cyclic N) is 1. The number of phenols is 1. The largest absolute Gasteiger partial charge is 0.503 e. The number of halogens is 4. The lowest BCUT2D eigenvalue weighted by atomic mass is 9.95. The van der Waals surface area contributed by atoms with Crippen LogP contribution in [0.2, 0.25) is 0 Å². The number of benzene rings is 2. The van der Waals surface area contributed by atoms with Gasteiger partial charge in [-0.15, -0.1) is 0 Å². The second-order valence-electron chi connectivity index (χ2n) is 7.94. The molecule has 2 aromatic carbocycles. The van der Waals surface area contributed by atoms with Gasteiger partial charge >= 0.3 is 0 Å². The van der Waals surface area contributed by atoms with Crippen LogP contribution in [0, 0.1) is 29.2 Å². The molecule has 1 aliphatic carbocycles. The first-order valence-electron chi connectivity index (χ1n) is 9.42. The molecule has 0 spiro atoms. The predicted octanol–water partition coefficient (Wildman–Crippen LogP) is 3.04. The third-order valence-electron chi connectivity index (χ3n) is 5.76. The Morgan fingerprint density at radius 1 is 1.13 bits per heavy atom. The molecular formula is C21H19F4NO4. The van der Waals surface area contributed by atoms with E-state index in [2.05, 4.69) is 0 Å². The van der Waals surface area contributed by atoms with Crippen molar-refractivity contribution in [3.63, 3.8) is 0 Å². The number of Topliss-reactive ketones (excluding diaryl/α,β-unsaturated/α-hetero) is 1. The fourth-order valence-electron chi connectivity index (χ4n) is 4.36. The number of carbonyl (C=O) groups excluding carboxylic acids is 1. The number of aromatic hydroxyl groups is 1. The molecule has 3 atom stereocenters. The van der Waals surface area contributed by atoms with Gasteiger partial charge < -0.3 is 14.9 Å². The molecule has 0 bridgehead atoms. The topological polar surface area (TPSA) is 70.0 Å². The summed E-state index contributed by atoms with van der Waals surface area (Å²) in [6.45, 7) is 0.357. The first-order valence-corrected chi connectivity index (χ1v) is 9.42. The van der Waals surface area contributed by atoms with Gasteiger partial charge in [-0.05, 0) is 30.7 Å². The Bertz CT molecular complexity index is 978. The van der Waals surface area contributed by atoms with Crippen molar-refractivity contribution in [3.8, 4) is 11.5 Å². The normalized spacial score (nSPS) is 26.0. The Labute approximate surface area is 169 Å². The molecule has 2 aromatic rings. The summed E-state index contributed by atoms with van der Waals surface area (Å²) in [5.74, 6) is -5.97. The lowest BCUT2D eigenvalue weighted by Crippen LogP contribution is -2.37. The highest BCUT2D eigenvalue weighted by Crippen LogP contribution is 2.43. The zero-order valence-corrected chi connectivity index (χ0v) is 15.7. The Hall–Kier alpha value is -2.65. The molecule has 0 unspecified atom stereocenters. The smallest absolute Gasteiger partial charge is 0.187 e. The molecule has 4 rings (SSSR count). The molecule has 2 fully saturated rings. The summed E-state index contributed by atoms with van der Waals surface area (Å²) in [6, 6.07) is 4.55. The highest BCUT2D eigenvalue weighted by molar-refractivity contribution is 5.97. The Balaban J connectivity index is 1.37. The van der Waals surface area contributed by atoms with E-state index in [0.29, 0.717) is 13.0 Å². The summed E-state index contributed by atoms with van der Waals surface area (Å²) < 4.78 is 59.4. The van der Waals surface area contributed by atoms with Gasteiger partial charge in [0.1, 0.15) is 11.9 Å². The second-order valence-corrected chi connectivity index (χ2v) is 7.94. The highest BCUT2D eigenvalue weighted by Gasteiger charge is 2.53. The van der Waals surface area contributed by atoms with E-state index in [9.17, 15) is 27.5 Å². The minimum atomic E-state index is -1.22. The van der Waals surface area contributed by atoms with E-state index in [1.165, 1.54) is 6.07 Å². The molecular weight excluding hydrogens is 406 g/mol. The van der Waals surface area contributed by atoms with Gasteiger partial charge in [-0.3, -0.25) is 9.69 Å². The summed E-state index contributed by atoms with van der Waals surface area (Å²) in [6.07, 6.45) is 0.167. The number of likely N-dealkylation sites (tertiary alicyclic amines) is 1. The number of rotatable bonds is 5. The SMILES string of the molecule is O=C(CN1C[C@@H]2C[C@@H](Oc3ccc(F)cc3F)C[C@]2(O)C1)c1cc(F)c(O)c(F)c1. The number of hydrogen-bond acceptors (Lipinski definition) is 5. The van der Waals surface area contributed by atoms with Gasteiger partial charge in [-0.25, -0.2) is 17.6 Å². The lowest BCUT2D eigenvalue weighted by Gasteiger charge is -2.23. The number of hydrogen-bond donors (Lipinski definition) is 2. The average molecular weight is 425 g/mol. The fourth-order valence-corrected chi connectivity index (χ4v) is 4.36. The van der Waals surface area contributed by atoms with Crippen LogP contribution in [0.3, 0.4) is 0 Å². The van der Waals surface area contributed by atoms with E-state index in [4.69, 9.17) is 9.84 Å². The molecule has 0 aromatic heterocycles. The molecule has 9 heteroatoms. The standard InChI is InChI=1S/C21H19F4NO4/c22-13-1-2-19(15(23)6-13)30-14-5-12-8-26(10-21(12,29)7-14)9-18(27)11-3-16(24)20(28)17(25)4-11/h1-4,6,12,14,28-29H,5,7-10H2/t12-,14+,21-/m0/s1. The van der Waals surface area contributed by atoms with Crippen LogP contribution in [0.1, 0.15) is 23.2 Å². The van der Waals surface area contributed by atoms with Crippen LogP contribution >= 0.6 is 0 Å². The summed E-state index contributed by atoms with van der Waals surface area (Å²) in [7, 11) is 0. The summed E-state index contributed by atoms with van der Waals surface area (Å²) in [4.78, 5) is 14.1. The van der Waals surface area contributed by atoms with Gasteiger partial charge in [0.25, 0.3) is 0 Å². The third kappa shape index (κ3) is 3.87. The van der Waals surface area contributed by atoms with E-state index in [0.717, 1.165) is 24.3 Å². The van der Waals surface area contributed by atoms with Crippen LogP contribution in [0.25, 0.3) is 0 Å². The van der Waals surface area contributed by atoms with Gasteiger partial charge in [0.15, 0.2) is 34.7 Å². The minimum Gasteiger partial charge on any atom is -0.503 e. The van der Waals surface area contributed by atoms with E-state index < -0.39 is 46.5 Å². The first kappa shape index (κ1) is 20.6. The van der Waals surface area contributed by atoms with Crippen LogP contribution < -0.4 is 4.74 Å². The van der Waals surface area contributed by atoms with Gasteiger partial charge in [0.05, 0.1) is 12.1 Å². The number of ether oxygens (including phenoxy) is 1. The maximum atomic E-state index is 13.8. The molecule has 30 heavy (non-hydrogen) atoms. The van der Waals surface area contributed by atoms with Crippen molar-refractivity contribution in [1.29, 1.82) is 0 Å². The van der Waals surface area contributed by atoms with Crippen molar-refractivity contribution in [3.05, 3.63) is 59.2 Å². The van der Waals surface area contributed by atoms with E-state index in [1.54, 1.807) is 4.90 Å². The maximum absolute atomic E-state index is 13.8. The average Bonchev–Trinajstić information content (AvgIpc) is 3.11. The fraction of sp³-hybridized carbons (Fsp3) is 0.381. The zero-order valence-electron chi connectivity index (χ0n) is 15.7. The molecule has 1 heterocycles. The minimum absolute atomic E-state index is 0.0895. The summed E-state index contributed by atoms with van der Waals surface area (Å²) in [5.41, 5.74) is -1.35. The molecule has 5 nitrogen and oxygen atoms in total. The number of phenolic OH excluding ortho intramolecular Hbond substituents is 1. The van der Waals surface area contributed by atoms with E-state index in [1.807, 2.05) is 0 Å².